The summed E-state index contributed by atoms with van der Waals surface area (Å²) in [5.41, 5.74) is 2.64. The minimum atomic E-state index is -1.68. The zero-order valence-electron chi connectivity index (χ0n) is 8.80. The molecule has 0 atom stereocenters. The molecule has 0 aliphatic rings. The first-order valence-electron chi connectivity index (χ1n) is 4.72. The van der Waals surface area contributed by atoms with Crippen LogP contribution in [0.5, 0.6) is 0 Å². The molecular formula is C12H18Sn. The van der Waals surface area contributed by atoms with Crippen LogP contribution in [-0.2, 0) is 0 Å². The number of hydrogen-bond donors (Lipinski definition) is 0. The van der Waals surface area contributed by atoms with Crippen molar-refractivity contribution >= 4 is 24.0 Å². The van der Waals surface area contributed by atoms with E-state index in [1.54, 1.807) is 0 Å². The van der Waals surface area contributed by atoms with Crippen molar-refractivity contribution in [3.63, 3.8) is 0 Å². The molecule has 13 heavy (non-hydrogen) atoms. The van der Waals surface area contributed by atoms with Crippen LogP contribution in [0.15, 0.2) is 36.9 Å². The van der Waals surface area contributed by atoms with Gasteiger partial charge in [0, 0.05) is 0 Å². The summed E-state index contributed by atoms with van der Waals surface area (Å²) in [5.74, 6) is 0. The molecule has 0 unspecified atom stereocenters. The van der Waals surface area contributed by atoms with Crippen LogP contribution in [0.1, 0.15) is 5.56 Å². The van der Waals surface area contributed by atoms with Crippen LogP contribution in [0, 0.1) is 0 Å². The monoisotopic (exact) mass is 282 g/mol. The van der Waals surface area contributed by atoms with Gasteiger partial charge < -0.3 is 0 Å². The minimum absolute atomic E-state index is 1.26. The van der Waals surface area contributed by atoms with Gasteiger partial charge in [0.25, 0.3) is 0 Å². The van der Waals surface area contributed by atoms with Crippen molar-refractivity contribution in [1.82, 2.24) is 0 Å². The fraction of sp³-hybridized carbons (Fsp3) is 0.333. The van der Waals surface area contributed by atoms with E-state index in [1.165, 1.54) is 15.6 Å². The summed E-state index contributed by atoms with van der Waals surface area (Å²) in [7, 11) is 0. The second-order valence-electron chi connectivity index (χ2n) is 4.71. The molecule has 0 saturated heterocycles. The van der Waals surface area contributed by atoms with Crippen molar-refractivity contribution < 1.29 is 0 Å². The van der Waals surface area contributed by atoms with Crippen molar-refractivity contribution in [1.29, 1.82) is 0 Å². The average molecular weight is 281 g/mol. The van der Waals surface area contributed by atoms with E-state index >= 15 is 0 Å². The van der Waals surface area contributed by atoms with E-state index in [4.69, 9.17) is 0 Å². The molecule has 0 bridgehead atoms. The molecule has 0 aromatic heterocycles. The molecular weight excluding hydrogens is 263 g/mol. The SMILES string of the molecule is C=C([CH2][Sn]([CH3])([CH3])[CH3])c1ccccc1. The van der Waals surface area contributed by atoms with E-state index in [0.717, 1.165) is 0 Å². The van der Waals surface area contributed by atoms with Crippen molar-refractivity contribution in [3.05, 3.63) is 42.5 Å². The number of rotatable bonds is 3. The Hall–Kier alpha value is -0.241. The van der Waals surface area contributed by atoms with Crippen LogP contribution in [0.25, 0.3) is 5.57 Å². The van der Waals surface area contributed by atoms with E-state index in [0.29, 0.717) is 0 Å². The predicted molar refractivity (Wildman–Crippen MR) is 63.6 cm³/mol. The molecule has 0 aliphatic heterocycles. The van der Waals surface area contributed by atoms with Gasteiger partial charge in [0.2, 0.25) is 0 Å². The molecule has 0 nitrogen and oxygen atoms in total. The van der Waals surface area contributed by atoms with Gasteiger partial charge in [-0.2, -0.15) is 0 Å². The predicted octanol–water partition coefficient (Wildman–Crippen LogP) is 4.04. The van der Waals surface area contributed by atoms with Gasteiger partial charge in [-0.15, -0.1) is 0 Å². The number of hydrogen-bond acceptors (Lipinski definition) is 0. The molecule has 70 valence electrons. The molecule has 0 spiro atoms. The van der Waals surface area contributed by atoms with E-state index < -0.39 is 18.4 Å². The first kappa shape index (κ1) is 10.8. The molecule has 1 heteroatoms. The Morgan fingerprint density at radius 1 is 1.15 bits per heavy atom. The molecule has 0 aliphatic carbocycles. The van der Waals surface area contributed by atoms with Gasteiger partial charge in [-0.3, -0.25) is 0 Å². The molecule has 0 radical (unpaired) electrons. The van der Waals surface area contributed by atoms with Crippen molar-refractivity contribution in [3.8, 4) is 0 Å². The van der Waals surface area contributed by atoms with E-state index in [9.17, 15) is 0 Å². The second kappa shape index (κ2) is 4.32. The zero-order chi connectivity index (χ0) is 9.90. The second-order valence-corrected chi connectivity index (χ2v) is 20.3. The van der Waals surface area contributed by atoms with Crippen molar-refractivity contribution in [2.75, 3.05) is 0 Å². The molecule has 1 aromatic rings. The summed E-state index contributed by atoms with van der Waals surface area (Å²) in [5, 5.41) is 0. The van der Waals surface area contributed by atoms with Gasteiger partial charge >= 0.3 is 85.7 Å². The van der Waals surface area contributed by atoms with Crippen molar-refractivity contribution in [2.24, 2.45) is 0 Å². The fourth-order valence-corrected chi connectivity index (χ4v) is 5.65. The van der Waals surface area contributed by atoms with E-state index in [2.05, 4.69) is 51.7 Å². The molecule has 1 aromatic carbocycles. The van der Waals surface area contributed by atoms with Gasteiger partial charge in [-0.1, -0.05) is 0 Å². The Morgan fingerprint density at radius 3 is 2.15 bits per heavy atom. The van der Waals surface area contributed by atoms with Gasteiger partial charge in [0.1, 0.15) is 0 Å². The number of benzene rings is 1. The Kier molecular flexibility index (Phi) is 3.60. The summed E-state index contributed by atoms with van der Waals surface area (Å²) in [6.45, 7) is 4.16. The summed E-state index contributed by atoms with van der Waals surface area (Å²) in [6, 6.07) is 10.5. The Bertz CT molecular complexity index is 280. The van der Waals surface area contributed by atoms with Crippen LogP contribution in [-0.4, -0.2) is 18.4 Å². The molecule has 0 N–H and O–H groups in total. The van der Waals surface area contributed by atoms with Crippen molar-refractivity contribution in [2.45, 2.75) is 19.3 Å². The summed E-state index contributed by atoms with van der Waals surface area (Å²) < 4.78 is 1.26. The first-order valence-corrected chi connectivity index (χ1v) is 15.3. The summed E-state index contributed by atoms with van der Waals surface area (Å²) in [4.78, 5) is 7.34. The molecule has 0 saturated carbocycles. The van der Waals surface area contributed by atoms with Crippen LogP contribution >= 0.6 is 0 Å². The van der Waals surface area contributed by atoms with Gasteiger partial charge in [-0.05, 0) is 0 Å². The van der Waals surface area contributed by atoms with E-state index in [1.807, 2.05) is 0 Å². The van der Waals surface area contributed by atoms with Gasteiger partial charge in [-0.25, -0.2) is 0 Å². The zero-order valence-corrected chi connectivity index (χ0v) is 11.7. The topological polar surface area (TPSA) is 0 Å². The average Bonchev–Trinajstić information content (AvgIpc) is 2.03. The normalized spacial score (nSPS) is 11.3. The molecule has 1 rings (SSSR count). The van der Waals surface area contributed by atoms with Crippen LogP contribution in [0.3, 0.4) is 0 Å². The van der Waals surface area contributed by atoms with Crippen LogP contribution < -0.4 is 0 Å². The Morgan fingerprint density at radius 2 is 1.69 bits per heavy atom. The summed E-state index contributed by atoms with van der Waals surface area (Å²) >= 11 is -1.68. The maximum absolute atomic E-state index is 4.16. The quantitative estimate of drug-likeness (QED) is 0.733. The third-order valence-corrected chi connectivity index (χ3v) is 6.17. The Labute approximate surface area is 85.5 Å². The van der Waals surface area contributed by atoms with Crippen LogP contribution in [0.4, 0.5) is 0 Å². The maximum atomic E-state index is 4.16. The Balaban J connectivity index is 2.71. The van der Waals surface area contributed by atoms with Gasteiger partial charge in [0.05, 0.1) is 0 Å². The van der Waals surface area contributed by atoms with E-state index in [-0.39, 0.29) is 0 Å². The van der Waals surface area contributed by atoms with Crippen LogP contribution in [0.2, 0.25) is 19.3 Å². The molecule has 0 heterocycles. The standard InChI is InChI=1S/C9H9.3CH3.Sn/c1-8(2)9-6-4-3-5-7-9;;;;/h3-7H,1-2H2;3*1H3;. The molecule has 0 amide bonds. The summed E-state index contributed by atoms with van der Waals surface area (Å²) in [6.07, 6.45) is 0. The third kappa shape index (κ3) is 3.99. The third-order valence-electron chi connectivity index (χ3n) is 1.93. The number of allylic oxidation sites excluding steroid dienone is 1. The fourth-order valence-electron chi connectivity index (χ4n) is 1.42. The van der Waals surface area contributed by atoms with Gasteiger partial charge in [0.15, 0.2) is 0 Å². The first-order chi connectivity index (χ1) is 5.99. The molecule has 0 fully saturated rings.